The van der Waals surface area contributed by atoms with Gasteiger partial charge in [0.25, 0.3) is 0 Å². The molecule has 1 aromatic rings. The molecule has 0 aromatic heterocycles. The molecule has 0 unspecified atom stereocenters. The Morgan fingerprint density at radius 1 is 1.14 bits per heavy atom. The summed E-state index contributed by atoms with van der Waals surface area (Å²) in [7, 11) is 2.06. The first-order chi connectivity index (χ1) is 9.73. The molecule has 2 fully saturated rings. The minimum absolute atomic E-state index is 0.0973. The topological polar surface area (TPSA) is 12.5 Å². The Balaban J connectivity index is 1.94. The second kappa shape index (κ2) is 4.79. The highest BCUT2D eigenvalue weighted by Crippen LogP contribution is 2.52. The molecule has 3 rings (SSSR count). The zero-order chi connectivity index (χ0) is 15.4. The molecule has 0 radical (unpaired) electrons. The van der Waals surface area contributed by atoms with Crippen LogP contribution in [0.25, 0.3) is 0 Å². The number of hydrogen-bond acceptors (Lipinski definition) is 2. The number of rotatable bonds is 1. The third kappa shape index (κ3) is 2.40. The summed E-state index contributed by atoms with van der Waals surface area (Å²) in [5, 5.41) is 2.07. The van der Waals surface area contributed by atoms with Crippen LogP contribution in [-0.4, -0.2) is 23.8 Å². The van der Waals surface area contributed by atoms with E-state index in [2.05, 4.69) is 39.8 Å². The van der Waals surface area contributed by atoms with Crippen molar-refractivity contribution in [2.45, 2.75) is 57.6 Å². The Labute approximate surface area is 127 Å². The van der Waals surface area contributed by atoms with E-state index in [4.69, 9.17) is 4.84 Å². The molecule has 0 N–H and O–H groups in total. The lowest BCUT2D eigenvalue weighted by atomic mass is 9.59. The lowest BCUT2D eigenvalue weighted by Crippen LogP contribution is -2.48. The zero-order valence-electron chi connectivity index (χ0n) is 13.7. The molecular formula is C18H26FNO. The molecule has 4 atom stereocenters. The van der Waals surface area contributed by atoms with Crippen molar-refractivity contribution in [1.29, 1.82) is 0 Å². The quantitative estimate of drug-likeness (QED) is 0.770. The van der Waals surface area contributed by atoms with Crippen molar-refractivity contribution in [1.82, 2.24) is 5.06 Å². The van der Waals surface area contributed by atoms with E-state index in [1.165, 1.54) is 5.56 Å². The largest absolute Gasteiger partial charge is 0.293 e. The van der Waals surface area contributed by atoms with E-state index in [9.17, 15) is 4.39 Å². The monoisotopic (exact) mass is 291 g/mol. The first kappa shape index (κ1) is 15.0. The zero-order valence-corrected chi connectivity index (χ0v) is 13.7. The summed E-state index contributed by atoms with van der Waals surface area (Å²) in [6.07, 6.45) is 2.20. The van der Waals surface area contributed by atoms with Crippen molar-refractivity contribution >= 4 is 0 Å². The summed E-state index contributed by atoms with van der Waals surface area (Å²) in [6.45, 7) is 9.02. The van der Waals surface area contributed by atoms with Gasteiger partial charge in [0.15, 0.2) is 0 Å². The Morgan fingerprint density at radius 2 is 1.76 bits per heavy atom. The van der Waals surface area contributed by atoms with E-state index >= 15 is 0 Å². The maximum atomic E-state index is 13.2. The highest BCUT2D eigenvalue weighted by molar-refractivity contribution is 5.27. The van der Waals surface area contributed by atoms with Gasteiger partial charge in [-0.05, 0) is 55.7 Å². The Kier molecular flexibility index (Phi) is 3.42. The van der Waals surface area contributed by atoms with Gasteiger partial charge in [-0.1, -0.05) is 26.0 Å². The van der Waals surface area contributed by atoms with Crippen molar-refractivity contribution in [3.8, 4) is 0 Å². The smallest absolute Gasteiger partial charge is 0.123 e. The van der Waals surface area contributed by atoms with Crippen molar-refractivity contribution < 1.29 is 9.23 Å². The molecule has 2 nitrogen and oxygen atoms in total. The number of nitrogens with zero attached hydrogens (tertiary/aromatic N) is 1. The molecule has 1 saturated carbocycles. The van der Waals surface area contributed by atoms with Crippen LogP contribution in [0.4, 0.5) is 4.39 Å². The minimum atomic E-state index is -0.159. The molecule has 0 bridgehead atoms. The number of benzene rings is 1. The Bertz CT molecular complexity index is 527. The van der Waals surface area contributed by atoms with Gasteiger partial charge >= 0.3 is 0 Å². The summed E-state index contributed by atoms with van der Waals surface area (Å²) < 4.78 is 13.2. The molecule has 3 heteroatoms. The van der Waals surface area contributed by atoms with Gasteiger partial charge in [-0.15, -0.1) is 0 Å². The third-order valence-corrected chi connectivity index (χ3v) is 5.67. The summed E-state index contributed by atoms with van der Waals surface area (Å²) in [5.74, 6) is 0.903. The lowest BCUT2D eigenvalue weighted by Gasteiger charge is -2.46. The summed E-state index contributed by atoms with van der Waals surface area (Å²) in [5.41, 5.74) is 1.22. The van der Waals surface area contributed by atoms with E-state index in [1.807, 2.05) is 12.1 Å². The molecule has 1 saturated heterocycles. The van der Waals surface area contributed by atoms with Crippen LogP contribution >= 0.6 is 0 Å². The molecule has 0 spiro atoms. The summed E-state index contributed by atoms with van der Waals surface area (Å²) >= 11 is 0. The fourth-order valence-electron chi connectivity index (χ4n) is 4.77. The van der Waals surface area contributed by atoms with Gasteiger partial charge in [0.2, 0.25) is 0 Å². The predicted molar refractivity (Wildman–Crippen MR) is 82.4 cm³/mol. The van der Waals surface area contributed by atoms with Crippen LogP contribution < -0.4 is 0 Å². The normalized spacial score (nSPS) is 39.2. The fraction of sp³-hybridized carbons (Fsp3) is 0.667. The number of halogens is 1. The number of hydrogen-bond donors (Lipinski definition) is 0. The van der Waals surface area contributed by atoms with Crippen LogP contribution in [0, 0.1) is 17.7 Å². The summed E-state index contributed by atoms with van der Waals surface area (Å²) in [6, 6.07) is 7.55. The van der Waals surface area contributed by atoms with Crippen LogP contribution in [0.5, 0.6) is 0 Å². The van der Waals surface area contributed by atoms with Crippen molar-refractivity contribution in [2.24, 2.45) is 11.8 Å². The molecule has 21 heavy (non-hydrogen) atoms. The highest BCUT2D eigenvalue weighted by Gasteiger charge is 2.55. The molecule has 1 aliphatic heterocycles. The summed E-state index contributed by atoms with van der Waals surface area (Å²) in [4.78, 5) is 6.09. The highest BCUT2D eigenvalue weighted by atomic mass is 19.1. The minimum Gasteiger partial charge on any atom is -0.293 e. The van der Waals surface area contributed by atoms with Crippen molar-refractivity contribution in [2.75, 3.05) is 7.05 Å². The van der Waals surface area contributed by atoms with Gasteiger partial charge in [0.1, 0.15) is 5.82 Å². The second-order valence-corrected chi connectivity index (χ2v) is 7.79. The first-order valence-electron chi connectivity index (χ1n) is 7.91. The first-order valence-corrected chi connectivity index (χ1v) is 7.91. The maximum Gasteiger partial charge on any atom is 0.123 e. The van der Waals surface area contributed by atoms with E-state index in [0.717, 1.165) is 12.8 Å². The molecule has 1 aliphatic carbocycles. The fourth-order valence-corrected chi connectivity index (χ4v) is 4.77. The average Bonchev–Trinajstić information content (AvgIpc) is 2.59. The molecule has 2 aliphatic rings. The van der Waals surface area contributed by atoms with Gasteiger partial charge in [-0.25, -0.2) is 4.39 Å². The SMILES string of the molecule is C[C@@H]1C[C@@](C)(c2ccc(F)cc2)C[C@H]2[C@H]1N(C)OC2(C)C. The maximum absolute atomic E-state index is 13.2. The standard InChI is InChI=1S/C18H26FNO/c1-12-10-18(4,13-6-8-14(19)9-7-13)11-15-16(12)20(5)21-17(15,2)3/h6-9,12,15-16H,10-11H2,1-5H3/t12-,15+,16+,18-/m1/s1. The van der Waals surface area contributed by atoms with Gasteiger partial charge in [-0.3, -0.25) is 4.84 Å². The molecule has 1 heterocycles. The van der Waals surface area contributed by atoms with Crippen LogP contribution in [-0.2, 0) is 10.3 Å². The molecular weight excluding hydrogens is 265 g/mol. The molecule has 0 amide bonds. The van der Waals surface area contributed by atoms with Crippen LogP contribution in [0.3, 0.4) is 0 Å². The van der Waals surface area contributed by atoms with Crippen LogP contribution in [0.15, 0.2) is 24.3 Å². The molecule has 1 aromatic carbocycles. The Hall–Kier alpha value is -0.930. The van der Waals surface area contributed by atoms with Crippen LogP contribution in [0.1, 0.15) is 46.1 Å². The van der Waals surface area contributed by atoms with Crippen LogP contribution in [0.2, 0.25) is 0 Å². The second-order valence-electron chi connectivity index (χ2n) is 7.79. The molecule has 116 valence electrons. The number of fused-ring (bicyclic) bond motifs is 1. The van der Waals surface area contributed by atoms with Gasteiger partial charge in [-0.2, -0.15) is 5.06 Å². The van der Waals surface area contributed by atoms with E-state index in [-0.39, 0.29) is 16.8 Å². The van der Waals surface area contributed by atoms with Gasteiger partial charge < -0.3 is 0 Å². The van der Waals surface area contributed by atoms with E-state index in [1.54, 1.807) is 12.1 Å². The average molecular weight is 291 g/mol. The predicted octanol–water partition coefficient (Wildman–Crippen LogP) is 4.15. The van der Waals surface area contributed by atoms with E-state index < -0.39 is 0 Å². The van der Waals surface area contributed by atoms with Crippen molar-refractivity contribution in [3.05, 3.63) is 35.6 Å². The van der Waals surface area contributed by atoms with Gasteiger partial charge in [0, 0.05) is 19.0 Å². The number of hydroxylamine groups is 2. The van der Waals surface area contributed by atoms with E-state index in [0.29, 0.717) is 17.9 Å². The third-order valence-electron chi connectivity index (χ3n) is 5.67. The van der Waals surface area contributed by atoms with Crippen molar-refractivity contribution in [3.63, 3.8) is 0 Å². The van der Waals surface area contributed by atoms with Gasteiger partial charge in [0.05, 0.1) is 5.60 Å². The Morgan fingerprint density at radius 3 is 2.38 bits per heavy atom. The lowest BCUT2D eigenvalue weighted by molar-refractivity contribution is -0.182.